The molecule has 0 saturated carbocycles. The number of carbonyl (C=O) groups is 1. The molecule has 110 valence electrons. The minimum absolute atomic E-state index is 0.215. The smallest absolute Gasteiger partial charge is 0.244 e. The van der Waals surface area contributed by atoms with Gasteiger partial charge in [-0.1, -0.05) is 30.3 Å². The first-order valence-corrected chi connectivity index (χ1v) is 7.55. The van der Waals surface area contributed by atoms with Crippen LogP contribution in [0.5, 0.6) is 0 Å². The van der Waals surface area contributed by atoms with E-state index >= 15 is 0 Å². The molecule has 21 heavy (non-hydrogen) atoms. The number of aryl methyl sites for hydroxylation is 1. The lowest BCUT2D eigenvalue weighted by molar-refractivity contribution is -0.116. The standard InChI is InChI=1S/C16H18N2O2S/c1-12-17-11-15(21-12)7-8-16(20)18-10-14(19)9-13-5-3-2-4-6-13/h2-8,11,14,19H,9-10H2,1H3,(H,18,20)/b8-7+. The maximum atomic E-state index is 11.7. The van der Waals surface area contributed by atoms with Gasteiger partial charge in [0.1, 0.15) is 0 Å². The largest absolute Gasteiger partial charge is 0.391 e. The van der Waals surface area contributed by atoms with E-state index < -0.39 is 6.10 Å². The second-order valence-corrected chi connectivity index (χ2v) is 5.97. The molecule has 5 heteroatoms. The van der Waals surface area contributed by atoms with Gasteiger partial charge < -0.3 is 10.4 Å². The lowest BCUT2D eigenvalue weighted by atomic mass is 10.1. The molecular weight excluding hydrogens is 284 g/mol. The number of hydrogen-bond donors (Lipinski definition) is 2. The Balaban J connectivity index is 1.74. The van der Waals surface area contributed by atoms with Crippen LogP contribution in [0.3, 0.4) is 0 Å². The molecule has 0 spiro atoms. The Kier molecular flexibility index (Phi) is 5.66. The second-order valence-electron chi connectivity index (χ2n) is 4.70. The van der Waals surface area contributed by atoms with Gasteiger partial charge in [0.25, 0.3) is 0 Å². The van der Waals surface area contributed by atoms with Gasteiger partial charge >= 0.3 is 0 Å². The topological polar surface area (TPSA) is 62.2 Å². The molecule has 4 nitrogen and oxygen atoms in total. The lowest BCUT2D eigenvalue weighted by Gasteiger charge is -2.10. The quantitative estimate of drug-likeness (QED) is 0.804. The zero-order chi connectivity index (χ0) is 15.1. The summed E-state index contributed by atoms with van der Waals surface area (Å²) in [5.41, 5.74) is 1.05. The van der Waals surface area contributed by atoms with Gasteiger partial charge in [-0.05, 0) is 18.6 Å². The molecule has 0 aliphatic rings. The molecule has 0 aliphatic carbocycles. The monoisotopic (exact) mass is 302 g/mol. The van der Waals surface area contributed by atoms with Crippen molar-refractivity contribution < 1.29 is 9.90 Å². The van der Waals surface area contributed by atoms with E-state index in [0.717, 1.165) is 15.4 Å². The number of nitrogens with one attached hydrogen (secondary N) is 1. The number of amides is 1. The van der Waals surface area contributed by atoms with Crippen LogP contribution < -0.4 is 5.32 Å². The molecule has 0 saturated heterocycles. The number of carbonyl (C=O) groups excluding carboxylic acids is 1. The molecule has 0 bridgehead atoms. The number of hydrogen-bond acceptors (Lipinski definition) is 4. The van der Waals surface area contributed by atoms with Gasteiger partial charge in [0.2, 0.25) is 5.91 Å². The molecule has 1 aromatic heterocycles. The van der Waals surface area contributed by atoms with Gasteiger partial charge in [-0.3, -0.25) is 4.79 Å². The zero-order valence-corrected chi connectivity index (χ0v) is 12.6. The fraction of sp³-hybridized carbons (Fsp3) is 0.250. The van der Waals surface area contributed by atoms with Crippen molar-refractivity contribution in [2.75, 3.05) is 6.54 Å². The molecule has 1 amide bonds. The minimum Gasteiger partial charge on any atom is -0.391 e. The number of thiazole rings is 1. The molecule has 2 aromatic rings. The molecule has 1 heterocycles. The van der Waals surface area contributed by atoms with Gasteiger partial charge in [0, 0.05) is 30.1 Å². The van der Waals surface area contributed by atoms with E-state index in [1.165, 1.54) is 17.4 Å². The van der Waals surface area contributed by atoms with Gasteiger partial charge in [-0.2, -0.15) is 0 Å². The fourth-order valence-corrected chi connectivity index (χ4v) is 2.54. The third-order valence-corrected chi connectivity index (χ3v) is 3.74. The van der Waals surface area contributed by atoms with Crippen LogP contribution in [0.2, 0.25) is 0 Å². The van der Waals surface area contributed by atoms with E-state index in [4.69, 9.17) is 0 Å². The Morgan fingerprint density at radius 2 is 2.19 bits per heavy atom. The first-order valence-electron chi connectivity index (χ1n) is 6.74. The molecule has 2 rings (SSSR count). The van der Waals surface area contributed by atoms with Crippen LogP contribution in [0, 0.1) is 6.92 Å². The molecule has 1 aromatic carbocycles. The van der Waals surface area contributed by atoms with Crippen molar-refractivity contribution in [1.82, 2.24) is 10.3 Å². The summed E-state index contributed by atoms with van der Waals surface area (Å²) >= 11 is 1.53. The molecule has 1 unspecified atom stereocenters. The summed E-state index contributed by atoms with van der Waals surface area (Å²) in [7, 11) is 0. The minimum atomic E-state index is -0.588. The van der Waals surface area contributed by atoms with Crippen molar-refractivity contribution in [3.8, 4) is 0 Å². The predicted octanol–water partition coefficient (Wildman–Crippen LogP) is 2.18. The lowest BCUT2D eigenvalue weighted by Crippen LogP contribution is -2.32. The average Bonchev–Trinajstić information content (AvgIpc) is 2.90. The van der Waals surface area contributed by atoms with Crippen LogP contribution >= 0.6 is 11.3 Å². The highest BCUT2D eigenvalue weighted by atomic mass is 32.1. The van der Waals surface area contributed by atoms with Crippen LogP contribution in [0.1, 0.15) is 15.4 Å². The van der Waals surface area contributed by atoms with Crippen molar-refractivity contribution >= 4 is 23.3 Å². The summed E-state index contributed by atoms with van der Waals surface area (Å²) in [5, 5.41) is 13.5. The predicted molar refractivity (Wildman–Crippen MR) is 85.0 cm³/mol. The molecule has 0 fully saturated rings. The van der Waals surface area contributed by atoms with E-state index in [1.807, 2.05) is 37.3 Å². The Morgan fingerprint density at radius 3 is 2.86 bits per heavy atom. The fourth-order valence-electron chi connectivity index (χ4n) is 1.85. The van der Waals surface area contributed by atoms with Crippen molar-refractivity contribution in [3.63, 3.8) is 0 Å². The summed E-state index contributed by atoms with van der Waals surface area (Å²) in [6.07, 6.45) is 4.86. The van der Waals surface area contributed by atoms with Crippen LogP contribution in [0.15, 0.2) is 42.6 Å². The van der Waals surface area contributed by atoms with Gasteiger partial charge in [-0.15, -0.1) is 11.3 Å². The molecule has 1 atom stereocenters. The van der Waals surface area contributed by atoms with Crippen molar-refractivity contribution in [1.29, 1.82) is 0 Å². The van der Waals surface area contributed by atoms with Crippen molar-refractivity contribution in [3.05, 3.63) is 58.1 Å². The SMILES string of the molecule is Cc1ncc(/C=C/C(=O)NCC(O)Cc2ccccc2)s1. The van der Waals surface area contributed by atoms with E-state index in [0.29, 0.717) is 6.42 Å². The summed E-state index contributed by atoms with van der Waals surface area (Å²) in [4.78, 5) is 16.7. The number of aliphatic hydroxyl groups excluding tert-OH is 1. The summed E-state index contributed by atoms with van der Waals surface area (Å²) in [6.45, 7) is 2.15. The van der Waals surface area contributed by atoms with Crippen LogP contribution in [0.25, 0.3) is 6.08 Å². The maximum absolute atomic E-state index is 11.7. The molecule has 0 radical (unpaired) electrons. The van der Waals surface area contributed by atoms with E-state index in [-0.39, 0.29) is 12.5 Å². The third kappa shape index (κ3) is 5.49. The Bertz CT molecular complexity index is 608. The number of benzene rings is 1. The summed E-state index contributed by atoms with van der Waals surface area (Å²) in [5.74, 6) is -0.215. The van der Waals surface area contributed by atoms with E-state index in [1.54, 1.807) is 12.3 Å². The van der Waals surface area contributed by atoms with E-state index in [2.05, 4.69) is 10.3 Å². The zero-order valence-electron chi connectivity index (χ0n) is 11.8. The highest BCUT2D eigenvalue weighted by Gasteiger charge is 2.06. The number of aromatic nitrogens is 1. The summed E-state index contributed by atoms with van der Waals surface area (Å²) in [6, 6.07) is 9.71. The van der Waals surface area contributed by atoms with Crippen LogP contribution in [0.4, 0.5) is 0 Å². The van der Waals surface area contributed by atoms with Gasteiger partial charge in [0.15, 0.2) is 0 Å². The number of nitrogens with zero attached hydrogens (tertiary/aromatic N) is 1. The highest BCUT2D eigenvalue weighted by molar-refractivity contribution is 7.12. The van der Waals surface area contributed by atoms with Crippen LogP contribution in [-0.4, -0.2) is 28.6 Å². The molecule has 0 aliphatic heterocycles. The van der Waals surface area contributed by atoms with Gasteiger partial charge in [-0.25, -0.2) is 4.98 Å². The Labute approximate surface area is 128 Å². The Morgan fingerprint density at radius 1 is 1.43 bits per heavy atom. The second kappa shape index (κ2) is 7.71. The first-order chi connectivity index (χ1) is 10.1. The normalized spacial score (nSPS) is 12.5. The Hall–Kier alpha value is -1.98. The summed E-state index contributed by atoms with van der Waals surface area (Å²) < 4.78 is 0. The van der Waals surface area contributed by atoms with Crippen LogP contribution in [-0.2, 0) is 11.2 Å². The number of rotatable bonds is 6. The van der Waals surface area contributed by atoms with Crippen molar-refractivity contribution in [2.45, 2.75) is 19.4 Å². The average molecular weight is 302 g/mol. The van der Waals surface area contributed by atoms with E-state index in [9.17, 15) is 9.90 Å². The number of aliphatic hydroxyl groups is 1. The maximum Gasteiger partial charge on any atom is 0.244 e. The van der Waals surface area contributed by atoms with Crippen molar-refractivity contribution in [2.24, 2.45) is 0 Å². The molecular formula is C16H18N2O2S. The van der Waals surface area contributed by atoms with Gasteiger partial charge in [0.05, 0.1) is 11.1 Å². The first kappa shape index (κ1) is 15.4. The third-order valence-electron chi connectivity index (χ3n) is 2.86. The highest BCUT2D eigenvalue weighted by Crippen LogP contribution is 2.12. The molecule has 2 N–H and O–H groups in total.